The molecule has 4 nitrogen and oxygen atoms in total. The molecule has 2 fully saturated rings. The van der Waals surface area contributed by atoms with Gasteiger partial charge in [0.2, 0.25) is 5.91 Å². The Morgan fingerprint density at radius 2 is 1.82 bits per heavy atom. The Morgan fingerprint density at radius 3 is 2.24 bits per heavy atom. The molecule has 1 aliphatic carbocycles. The third kappa shape index (κ3) is 1.94. The van der Waals surface area contributed by atoms with Gasteiger partial charge in [-0.2, -0.15) is 0 Å². The summed E-state index contributed by atoms with van der Waals surface area (Å²) >= 11 is 0. The molecule has 1 amide bonds. The highest BCUT2D eigenvalue weighted by Gasteiger charge is 2.66. The zero-order valence-corrected chi connectivity index (χ0v) is 10.6. The highest BCUT2D eigenvalue weighted by atomic mass is 16.4. The van der Waals surface area contributed by atoms with E-state index in [4.69, 9.17) is 0 Å². The van der Waals surface area contributed by atoms with Crippen molar-refractivity contribution in [2.75, 3.05) is 13.1 Å². The Bertz CT molecular complexity index is 334. The minimum atomic E-state index is -0.803. The molecule has 2 rings (SSSR count). The third-order valence-electron chi connectivity index (χ3n) is 4.40. The van der Waals surface area contributed by atoms with Gasteiger partial charge in [-0.25, -0.2) is 0 Å². The van der Waals surface area contributed by atoms with E-state index in [1.54, 1.807) is 0 Å². The fraction of sp³-hybridized carbons (Fsp3) is 0.846. The average Bonchev–Trinajstić information content (AvgIpc) is 3.06. The van der Waals surface area contributed by atoms with Crippen LogP contribution in [0.25, 0.3) is 0 Å². The second kappa shape index (κ2) is 4.31. The Hall–Kier alpha value is -1.06. The van der Waals surface area contributed by atoms with Crippen LogP contribution in [0.4, 0.5) is 0 Å². The second-order valence-electron chi connectivity index (χ2n) is 5.64. The molecule has 0 spiro atoms. The first-order chi connectivity index (χ1) is 8.00. The van der Waals surface area contributed by atoms with Gasteiger partial charge in [0.1, 0.15) is 0 Å². The molecule has 96 valence electrons. The van der Waals surface area contributed by atoms with E-state index in [0.717, 1.165) is 25.9 Å². The highest BCUT2D eigenvalue weighted by Crippen LogP contribution is 2.58. The molecule has 0 bridgehead atoms. The lowest BCUT2D eigenvalue weighted by molar-refractivity contribution is -0.149. The number of carboxylic acid groups (broad SMARTS) is 1. The number of hydrogen-bond donors (Lipinski definition) is 1. The van der Waals surface area contributed by atoms with Gasteiger partial charge in [-0.1, -0.05) is 13.8 Å². The van der Waals surface area contributed by atoms with Gasteiger partial charge in [0.25, 0.3) is 0 Å². The van der Waals surface area contributed by atoms with E-state index in [9.17, 15) is 14.7 Å². The first-order valence-electron chi connectivity index (χ1n) is 6.52. The number of amides is 1. The van der Waals surface area contributed by atoms with E-state index < -0.39 is 11.4 Å². The number of hydrogen-bond acceptors (Lipinski definition) is 2. The molecule has 1 saturated carbocycles. The van der Waals surface area contributed by atoms with Crippen molar-refractivity contribution in [3.05, 3.63) is 0 Å². The van der Waals surface area contributed by atoms with Crippen molar-refractivity contribution in [1.82, 2.24) is 4.90 Å². The third-order valence-corrected chi connectivity index (χ3v) is 4.40. The summed E-state index contributed by atoms with van der Waals surface area (Å²) in [4.78, 5) is 25.5. The molecule has 1 saturated heterocycles. The first-order valence-corrected chi connectivity index (χ1v) is 6.52. The van der Waals surface area contributed by atoms with Crippen LogP contribution in [0.15, 0.2) is 0 Å². The lowest BCUT2D eigenvalue weighted by atomic mass is 9.89. The largest absolute Gasteiger partial charge is 0.481 e. The summed E-state index contributed by atoms with van der Waals surface area (Å²) in [5.74, 6) is -0.986. The molecule has 0 aromatic heterocycles. The van der Waals surface area contributed by atoms with Crippen molar-refractivity contribution in [3.8, 4) is 0 Å². The van der Waals surface area contributed by atoms with Gasteiger partial charge >= 0.3 is 5.97 Å². The SMILES string of the molecule is CC(C)C1(C(=O)O)CC1C(=O)N1CCCCC1. The topological polar surface area (TPSA) is 57.6 Å². The number of carbonyl (C=O) groups excluding carboxylic acids is 1. The molecule has 2 atom stereocenters. The van der Waals surface area contributed by atoms with Crippen molar-refractivity contribution in [1.29, 1.82) is 0 Å². The summed E-state index contributed by atoms with van der Waals surface area (Å²) in [6, 6.07) is 0. The van der Waals surface area contributed by atoms with Crippen LogP contribution in [-0.4, -0.2) is 35.0 Å². The Labute approximate surface area is 102 Å². The predicted molar refractivity (Wildman–Crippen MR) is 63.4 cm³/mol. The van der Waals surface area contributed by atoms with Crippen LogP contribution >= 0.6 is 0 Å². The number of nitrogens with zero attached hydrogens (tertiary/aromatic N) is 1. The smallest absolute Gasteiger partial charge is 0.310 e. The van der Waals surface area contributed by atoms with Gasteiger partial charge in [0.05, 0.1) is 11.3 Å². The molecule has 0 aromatic carbocycles. The van der Waals surface area contributed by atoms with Crippen LogP contribution in [0, 0.1) is 17.3 Å². The normalized spacial score (nSPS) is 32.6. The van der Waals surface area contributed by atoms with Gasteiger partial charge in [-0.15, -0.1) is 0 Å². The zero-order valence-electron chi connectivity index (χ0n) is 10.6. The van der Waals surface area contributed by atoms with Gasteiger partial charge in [-0.3, -0.25) is 9.59 Å². The van der Waals surface area contributed by atoms with Crippen molar-refractivity contribution in [2.45, 2.75) is 39.5 Å². The quantitative estimate of drug-likeness (QED) is 0.816. The van der Waals surface area contributed by atoms with Crippen molar-refractivity contribution in [3.63, 3.8) is 0 Å². The number of likely N-dealkylation sites (tertiary alicyclic amines) is 1. The van der Waals surface area contributed by atoms with Gasteiger partial charge in [-0.05, 0) is 31.6 Å². The molecule has 2 aliphatic rings. The maximum Gasteiger partial charge on any atom is 0.310 e. The second-order valence-corrected chi connectivity index (χ2v) is 5.64. The number of carbonyl (C=O) groups is 2. The van der Waals surface area contributed by atoms with Crippen LogP contribution in [0.2, 0.25) is 0 Å². The lowest BCUT2D eigenvalue weighted by Gasteiger charge is -2.28. The summed E-state index contributed by atoms with van der Waals surface area (Å²) in [6.45, 7) is 5.42. The number of aliphatic carboxylic acids is 1. The fourth-order valence-electron chi connectivity index (χ4n) is 3.04. The molecule has 1 heterocycles. The van der Waals surface area contributed by atoms with Crippen LogP contribution in [0.1, 0.15) is 39.5 Å². The highest BCUT2D eigenvalue weighted by molar-refractivity contribution is 5.93. The van der Waals surface area contributed by atoms with E-state index in [1.165, 1.54) is 6.42 Å². The molecule has 4 heteroatoms. The zero-order chi connectivity index (χ0) is 12.6. The standard InChI is InChI=1S/C13H21NO3/c1-9(2)13(12(16)17)8-10(13)11(15)14-6-4-3-5-7-14/h9-10H,3-8H2,1-2H3,(H,16,17). The first kappa shape index (κ1) is 12.4. The molecule has 2 unspecified atom stereocenters. The average molecular weight is 239 g/mol. The van der Waals surface area contributed by atoms with E-state index >= 15 is 0 Å². The fourth-order valence-corrected chi connectivity index (χ4v) is 3.04. The van der Waals surface area contributed by atoms with Crippen molar-refractivity contribution >= 4 is 11.9 Å². The molecule has 0 radical (unpaired) electrons. The van der Waals surface area contributed by atoms with Crippen LogP contribution in [-0.2, 0) is 9.59 Å². The molecular weight excluding hydrogens is 218 g/mol. The minimum Gasteiger partial charge on any atom is -0.481 e. The maximum absolute atomic E-state index is 12.2. The number of rotatable bonds is 3. The van der Waals surface area contributed by atoms with Crippen LogP contribution < -0.4 is 0 Å². The lowest BCUT2D eigenvalue weighted by Crippen LogP contribution is -2.39. The van der Waals surface area contributed by atoms with Gasteiger partial charge < -0.3 is 10.0 Å². The summed E-state index contributed by atoms with van der Waals surface area (Å²) in [6.07, 6.45) is 3.82. The molecule has 1 N–H and O–H groups in total. The van der Waals surface area contributed by atoms with E-state index in [0.29, 0.717) is 6.42 Å². The molecular formula is C13H21NO3. The van der Waals surface area contributed by atoms with E-state index in [1.807, 2.05) is 18.7 Å². The van der Waals surface area contributed by atoms with Crippen LogP contribution in [0.5, 0.6) is 0 Å². The van der Waals surface area contributed by atoms with Crippen molar-refractivity contribution in [2.24, 2.45) is 17.3 Å². The minimum absolute atomic E-state index is 0.0266. The Morgan fingerprint density at radius 1 is 1.24 bits per heavy atom. The summed E-state index contributed by atoms with van der Waals surface area (Å²) < 4.78 is 0. The summed E-state index contributed by atoms with van der Waals surface area (Å²) in [5, 5.41) is 9.32. The van der Waals surface area contributed by atoms with Crippen molar-refractivity contribution < 1.29 is 14.7 Å². The van der Waals surface area contributed by atoms with E-state index in [-0.39, 0.29) is 17.7 Å². The van der Waals surface area contributed by atoms with Crippen LogP contribution in [0.3, 0.4) is 0 Å². The summed E-state index contributed by atoms with van der Waals surface area (Å²) in [5.41, 5.74) is -0.783. The molecule has 17 heavy (non-hydrogen) atoms. The maximum atomic E-state index is 12.2. The molecule has 1 aliphatic heterocycles. The number of carboxylic acids is 1. The van der Waals surface area contributed by atoms with E-state index in [2.05, 4.69) is 0 Å². The van der Waals surface area contributed by atoms with Gasteiger partial charge in [0, 0.05) is 13.1 Å². The Balaban J connectivity index is 2.05. The monoisotopic (exact) mass is 239 g/mol. The number of piperidine rings is 1. The Kier molecular flexibility index (Phi) is 3.15. The molecule has 0 aromatic rings. The summed E-state index contributed by atoms with van der Waals surface area (Å²) in [7, 11) is 0. The van der Waals surface area contributed by atoms with Gasteiger partial charge in [0.15, 0.2) is 0 Å². The predicted octanol–water partition coefficient (Wildman–Crippen LogP) is 1.75.